The Morgan fingerprint density at radius 3 is 1.14 bits per heavy atom. The van der Waals surface area contributed by atoms with E-state index in [1.54, 1.807) is 0 Å². The van der Waals surface area contributed by atoms with Gasteiger partial charge in [0.2, 0.25) is 5.83 Å². The lowest BCUT2D eigenvalue weighted by atomic mass is 9.98. The van der Waals surface area contributed by atoms with E-state index in [0.29, 0.717) is 0 Å². The van der Waals surface area contributed by atoms with E-state index in [2.05, 4.69) is 11.6 Å². The van der Waals surface area contributed by atoms with E-state index >= 15 is 0 Å². The molecule has 0 unspecified atom stereocenters. The predicted molar refractivity (Wildman–Crippen MR) is 40.9 cm³/mol. The second-order valence-corrected chi connectivity index (χ2v) is 3.84. The van der Waals surface area contributed by atoms with Crippen LogP contribution in [0, 0.1) is 0 Å². The van der Waals surface area contributed by atoms with Crippen LogP contribution in [0.15, 0.2) is 11.9 Å². The van der Waals surface area contributed by atoms with Gasteiger partial charge >= 0.3 is 35.2 Å². The zero-order chi connectivity index (χ0) is 17.7. The summed E-state index contributed by atoms with van der Waals surface area (Å²) >= 11 is 3.41. The van der Waals surface area contributed by atoms with Crippen molar-refractivity contribution in [2.45, 2.75) is 29.1 Å². The zero-order valence-corrected chi connectivity index (χ0v) is 9.55. The summed E-state index contributed by atoms with van der Waals surface area (Å²) in [5.41, 5.74) is 0. The lowest BCUT2D eigenvalue weighted by Gasteiger charge is -2.37. The molecule has 0 spiro atoms. The van der Waals surface area contributed by atoms with E-state index in [1.807, 2.05) is 0 Å². The molecule has 0 aliphatic rings. The van der Waals surface area contributed by atoms with Crippen LogP contribution >= 0.6 is 11.6 Å². The van der Waals surface area contributed by atoms with E-state index in [0.717, 1.165) is 0 Å². The highest BCUT2D eigenvalue weighted by Gasteiger charge is 2.87. The Hall–Kier alpha value is -0.880. The van der Waals surface area contributed by atoms with E-state index in [4.69, 9.17) is 0 Å². The summed E-state index contributed by atoms with van der Waals surface area (Å²) in [5.74, 6) is -34.3. The van der Waals surface area contributed by atoms with Gasteiger partial charge in [-0.25, -0.2) is 0 Å². The molecule has 0 heterocycles. The first kappa shape index (κ1) is 20.1. The number of alkyl halides is 11. The maximum atomic E-state index is 12.6. The van der Waals surface area contributed by atoms with E-state index in [1.165, 1.54) is 0 Å². The minimum atomic E-state index is -7.68. The zero-order valence-electron chi connectivity index (χ0n) is 8.79. The largest absolute Gasteiger partial charge is 0.393 e. The molecule has 0 bridgehead atoms. The third-order valence-corrected chi connectivity index (χ3v) is 2.22. The molecule has 0 rings (SSSR count). The lowest BCUT2D eigenvalue weighted by molar-refractivity contribution is -0.385. The van der Waals surface area contributed by atoms with Gasteiger partial charge < -0.3 is 0 Å². The Kier molecular flexibility index (Phi) is 4.88. The van der Waals surface area contributed by atoms with Gasteiger partial charge in [0.05, 0.1) is 0 Å². The van der Waals surface area contributed by atoms with Crippen molar-refractivity contribution in [1.82, 2.24) is 0 Å². The fourth-order valence-electron chi connectivity index (χ4n) is 0.829. The van der Waals surface area contributed by atoms with Crippen molar-refractivity contribution >= 4 is 11.6 Å². The van der Waals surface area contributed by atoms with Crippen molar-refractivity contribution in [2.75, 3.05) is 0 Å². The number of hydrogen-bond acceptors (Lipinski definition) is 0. The molecule has 21 heavy (non-hydrogen) atoms. The van der Waals surface area contributed by atoms with Crippen LogP contribution in [0.3, 0.4) is 0 Å². The Morgan fingerprint density at radius 2 is 0.905 bits per heavy atom. The van der Waals surface area contributed by atoms with Crippen LogP contribution in [-0.2, 0) is 0 Å². The Balaban J connectivity index is 6.20. The second kappa shape index (κ2) is 5.09. The Labute approximate surface area is 111 Å². The molecule has 0 atom stereocenters. The van der Waals surface area contributed by atoms with Gasteiger partial charge in [-0.3, -0.25) is 0 Å². The smallest absolute Gasteiger partial charge is 0.199 e. The maximum absolute atomic E-state index is 12.6. The highest BCUT2D eigenvalue weighted by Crippen LogP contribution is 2.59. The minimum Gasteiger partial charge on any atom is -0.199 e. The van der Waals surface area contributed by atoms with Gasteiger partial charge in [-0.15, -0.1) is 0 Å². The van der Waals surface area contributed by atoms with Gasteiger partial charge in [-0.05, 0) is 11.6 Å². The molecule has 0 saturated heterocycles. The molecule has 0 aromatic rings. The molecule has 0 saturated carbocycles. The minimum absolute atomic E-state index is 3.41. The standard InChI is InChI=1S/C7ClF13/c8-7(20,21)6(18,19)5(16,17)4(14,15)3(12,13)1(9)2(10)11. The molecular formula is C7ClF13. The van der Waals surface area contributed by atoms with Crippen LogP contribution in [0.4, 0.5) is 57.1 Å². The summed E-state index contributed by atoms with van der Waals surface area (Å²) in [5, 5.41) is -6.47. The number of rotatable bonds is 5. The van der Waals surface area contributed by atoms with Gasteiger partial charge in [-0.1, -0.05) is 0 Å². The summed E-state index contributed by atoms with van der Waals surface area (Å²) < 4.78 is 159. The number of halogens is 14. The quantitative estimate of drug-likeness (QED) is 0.449. The topological polar surface area (TPSA) is 0 Å². The van der Waals surface area contributed by atoms with Crippen LogP contribution in [0.25, 0.3) is 0 Å². The molecule has 126 valence electrons. The summed E-state index contributed by atoms with van der Waals surface area (Å²) in [6.07, 6.45) is -4.24. The second-order valence-electron chi connectivity index (χ2n) is 3.37. The van der Waals surface area contributed by atoms with Gasteiger partial charge in [0.1, 0.15) is 0 Å². The van der Waals surface area contributed by atoms with Crippen molar-refractivity contribution in [3.8, 4) is 0 Å². The van der Waals surface area contributed by atoms with Crippen molar-refractivity contribution in [1.29, 1.82) is 0 Å². The van der Waals surface area contributed by atoms with Crippen LogP contribution in [0.5, 0.6) is 0 Å². The predicted octanol–water partition coefficient (Wildman–Crippen LogP) is 5.44. The highest BCUT2D eigenvalue weighted by atomic mass is 35.5. The summed E-state index contributed by atoms with van der Waals surface area (Å²) in [6.45, 7) is 0. The van der Waals surface area contributed by atoms with Gasteiger partial charge in [0.25, 0.3) is 0 Å². The molecule has 0 nitrogen and oxygen atoms in total. The molecule has 0 amide bonds. The van der Waals surface area contributed by atoms with Crippen LogP contribution in [-0.4, -0.2) is 29.1 Å². The fraction of sp³-hybridized carbons (Fsp3) is 0.714. The third-order valence-electron chi connectivity index (χ3n) is 1.98. The van der Waals surface area contributed by atoms with Crippen molar-refractivity contribution in [2.24, 2.45) is 0 Å². The molecule has 14 heteroatoms. The summed E-state index contributed by atoms with van der Waals surface area (Å²) in [6, 6.07) is 0. The lowest BCUT2D eigenvalue weighted by Crippen LogP contribution is -2.66. The van der Waals surface area contributed by atoms with E-state index in [-0.39, 0.29) is 0 Å². The number of allylic oxidation sites excluding steroid dienone is 1. The van der Waals surface area contributed by atoms with Crippen LogP contribution in [0.1, 0.15) is 0 Å². The number of hydrogen-bond donors (Lipinski definition) is 0. The van der Waals surface area contributed by atoms with E-state index in [9.17, 15) is 57.1 Å². The highest BCUT2D eigenvalue weighted by molar-refractivity contribution is 6.22. The molecule has 0 aliphatic carbocycles. The first-order valence-electron chi connectivity index (χ1n) is 4.15. The molecule has 0 aromatic heterocycles. The average molecular weight is 367 g/mol. The van der Waals surface area contributed by atoms with Crippen LogP contribution in [0.2, 0.25) is 0 Å². The van der Waals surface area contributed by atoms with Gasteiger partial charge in [-0.2, -0.15) is 57.1 Å². The van der Waals surface area contributed by atoms with Crippen LogP contribution < -0.4 is 0 Å². The first-order valence-corrected chi connectivity index (χ1v) is 4.52. The summed E-state index contributed by atoms with van der Waals surface area (Å²) in [7, 11) is 0. The van der Waals surface area contributed by atoms with E-state index < -0.39 is 41.0 Å². The Bertz CT molecular complexity index is 426. The third kappa shape index (κ3) is 2.75. The molecule has 0 aromatic carbocycles. The van der Waals surface area contributed by atoms with Gasteiger partial charge in [0, 0.05) is 0 Å². The molecule has 0 N–H and O–H groups in total. The molecular weight excluding hydrogens is 367 g/mol. The van der Waals surface area contributed by atoms with Crippen molar-refractivity contribution in [3.05, 3.63) is 11.9 Å². The normalized spacial score (nSPS) is 15.1. The fourth-order valence-corrected chi connectivity index (χ4v) is 0.948. The molecule has 0 radical (unpaired) electrons. The maximum Gasteiger partial charge on any atom is 0.393 e. The Morgan fingerprint density at radius 1 is 0.571 bits per heavy atom. The monoisotopic (exact) mass is 366 g/mol. The SMILES string of the molecule is FC(F)=C(F)C(F)(F)C(F)(F)C(F)(F)C(F)(F)C(F)(F)Cl. The van der Waals surface area contributed by atoms with Crippen molar-refractivity contribution < 1.29 is 57.1 Å². The summed E-state index contributed by atoms with van der Waals surface area (Å²) in [4.78, 5) is 0. The van der Waals surface area contributed by atoms with Crippen molar-refractivity contribution in [3.63, 3.8) is 0 Å². The molecule has 0 aliphatic heterocycles. The van der Waals surface area contributed by atoms with Gasteiger partial charge in [0.15, 0.2) is 0 Å². The molecule has 0 fully saturated rings. The average Bonchev–Trinajstić information content (AvgIpc) is 2.25. The first-order chi connectivity index (χ1) is 8.85.